The highest BCUT2D eigenvalue weighted by atomic mass is 32.2. The van der Waals surface area contributed by atoms with Crippen LogP contribution >= 0.6 is 11.8 Å². The van der Waals surface area contributed by atoms with Crippen molar-refractivity contribution in [3.8, 4) is 5.75 Å². The first-order chi connectivity index (χ1) is 14.5. The van der Waals surface area contributed by atoms with Crippen molar-refractivity contribution in [2.75, 3.05) is 31.3 Å². The lowest BCUT2D eigenvalue weighted by molar-refractivity contribution is 0.0949. The van der Waals surface area contributed by atoms with Crippen molar-refractivity contribution in [1.82, 2.24) is 25.1 Å². The van der Waals surface area contributed by atoms with Crippen LogP contribution in [0.1, 0.15) is 31.1 Å². The van der Waals surface area contributed by atoms with Gasteiger partial charge in [0.2, 0.25) is 0 Å². The van der Waals surface area contributed by atoms with Gasteiger partial charge >= 0.3 is 0 Å². The van der Waals surface area contributed by atoms with E-state index in [9.17, 15) is 4.79 Å². The second kappa shape index (κ2) is 10.3. The molecule has 0 bridgehead atoms. The largest absolute Gasteiger partial charge is 0.496 e. The number of ether oxygens (including phenoxy) is 1. The highest BCUT2D eigenvalue weighted by Crippen LogP contribution is 2.24. The van der Waals surface area contributed by atoms with Gasteiger partial charge in [-0.3, -0.25) is 4.79 Å². The highest BCUT2D eigenvalue weighted by Gasteiger charge is 2.15. The maximum Gasteiger partial charge on any atom is 0.255 e. The number of nitrogens with zero attached hydrogens (tertiary/aromatic N) is 4. The number of thioether (sulfide) groups is 1. The summed E-state index contributed by atoms with van der Waals surface area (Å²) in [4.78, 5) is 21.8. The van der Waals surface area contributed by atoms with E-state index < -0.39 is 0 Å². The summed E-state index contributed by atoms with van der Waals surface area (Å²) in [5.41, 5.74) is 1.27. The molecule has 0 aliphatic carbocycles. The molecule has 1 aromatic carbocycles. The fourth-order valence-electron chi connectivity index (χ4n) is 2.93. The summed E-state index contributed by atoms with van der Waals surface area (Å²) < 4.78 is 7.07. The molecule has 0 radical (unpaired) electrons. The highest BCUT2D eigenvalue weighted by molar-refractivity contribution is 7.99. The summed E-state index contributed by atoms with van der Waals surface area (Å²) >= 11 is 1.59. The molecule has 0 saturated carbocycles. The summed E-state index contributed by atoms with van der Waals surface area (Å²) in [6.07, 6.45) is 1.78. The number of para-hydroxylation sites is 1. The Morgan fingerprint density at radius 1 is 1.27 bits per heavy atom. The van der Waals surface area contributed by atoms with E-state index in [-0.39, 0.29) is 5.91 Å². The van der Waals surface area contributed by atoms with Gasteiger partial charge in [-0.25, -0.2) is 14.6 Å². The number of hydrogen-bond acceptors (Lipinski definition) is 7. The van der Waals surface area contributed by atoms with Crippen LogP contribution in [0.3, 0.4) is 0 Å². The molecule has 2 aromatic heterocycles. The Bertz CT molecular complexity index is 1000. The summed E-state index contributed by atoms with van der Waals surface area (Å²) in [5.74, 6) is 2.55. The second-order valence-corrected chi connectivity index (χ2v) is 8.35. The van der Waals surface area contributed by atoms with Gasteiger partial charge in [0.15, 0.2) is 10.8 Å². The Hall–Kier alpha value is -2.81. The molecule has 3 aromatic rings. The van der Waals surface area contributed by atoms with Crippen molar-refractivity contribution in [2.24, 2.45) is 5.92 Å². The summed E-state index contributed by atoms with van der Waals surface area (Å²) in [5, 5.41) is 12.4. The Labute approximate surface area is 180 Å². The summed E-state index contributed by atoms with van der Waals surface area (Å²) in [6.45, 7) is 8.12. The van der Waals surface area contributed by atoms with Crippen LogP contribution in [0.4, 0.5) is 5.82 Å². The molecule has 2 heterocycles. The van der Waals surface area contributed by atoms with Crippen LogP contribution in [0.2, 0.25) is 0 Å². The number of anilines is 1. The predicted molar refractivity (Wildman–Crippen MR) is 120 cm³/mol. The third-order valence-electron chi connectivity index (χ3n) is 4.39. The molecule has 8 nitrogen and oxygen atoms in total. The number of amides is 1. The van der Waals surface area contributed by atoms with E-state index in [4.69, 9.17) is 4.74 Å². The maximum atomic E-state index is 12.5. The van der Waals surface area contributed by atoms with Crippen molar-refractivity contribution >= 4 is 34.5 Å². The van der Waals surface area contributed by atoms with Crippen LogP contribution in [0, 0.1) is 5.92 Å². The first-order valence-electron chi connectivity index (χ1n) is 10.0. The molecule has 0 saturated heterocycles. The first kappa shape index (κ1) is 21.9. The number of carbonyl (C=O) groups is 1. The third kappa shape index (κ3) is 5.21. The van der Waals surface area contributed by atoms with Crippen LogP contribution in [0.25, 0.3) is 11.0 Å². The van der Waals surface area contributed by atoms with Gasteiger partial charge in [-0.05, 0) is 23.8 Å². The topological polar surface area (TPSA) is 94.0 Å². The maximum absolute atomic E-state index is 12.5. The molecule has 0 aliphatic heterocycles. The third-order valence-corrected chi connectivity index (χ3v) is 5.12. The standard InChI is InChI=1S/C21H28N6O2S/c1-5-30-21-25-18(23-12-14(2)3)16-13-24-27(19(16)26-21)11-10-22-20(28)15-8-6-7-9-17(15)29-4/h6-9,13-14H,5,10-12H2,1-4H3,(H,22,28)(H,23,25,26). The molecule has 0 unspecified atom stereocenters. The molecule has 30 heavy (non-hydrogen) atoms. The van der Waals surface area contributed by atoms with E-state index in [2.05, 4.69) is 46.5 Å². The monoisotopic (exact) mass is 428 g/mol. The van der Waals surface area contributed by atoms with Crippen molar-refractivity contribution in [1.29, 1.82) is 0 Å². The van der Waals surface area contributed by atoms with Gasteiger partial charge < -0.3 is 15.4 Å². The van der Waals surface area contributed by atoms with E-state index in [0.29, 0.717) is 30.3 Å². The van der Waals surface area contributed by atoms with E-state index >= 15 is 0 Å². The molecule has 2 N–H and O–H groups in total. The number of rotatable bonds is 10. The zero-order valence-electron chi connectivity index (χ0n) is 17.8. The Morgan fingerprint density at radius 3 is 2.80 bits per heavy atom. The van der Waals surface area contributed by atoms with Gasteiger partial charge in [-0.1, -0.05) is 44.7 Å². The number of nitrogens with one attached hydrogen (secondary N) is 2. The summed E-state index contributed by atoms with van der Waals surface area (Å²) in [6, 6.07) is 7.16. The molecule has 0 spiro atoms. The summed E-state index contributed by atoms with van der Waals surface area (Å²) in [7, 11) is 1.55. The average Bonchev–Trinajstić information content (AvgIpc) is 3.15. The Balaban J connectivity index is 1.75. The number of carbonyl (C=O) groups excluding carboxylic acids is 1. The van der Waals surface area contributed by atoms with E-state index in [1.807, 2.05) is 12.1 Å². The lowest BCUT2D eigenvalue weighted by Gasteiger charge is -2.11. The molecule has 160 valence electrons. The zero-order chi connectivity index (χ0) is 21.5. The number of aromatic nitrogens is 4. The van der Waals surface area contributed by atoms with Gasteiger partial charge in [-0.2, -0.15) is 5.10 Å². The number of fused-ring (bicyclic) bond motifs is 1. The molecule has 9 heteroatoms. The van der Waals surface area contributed by atoms with Crippen LogP contribution in [0.5, 0.6) is 5.75 Å². The molecule has 0 atom stereocenters. The van der Waals surface area contributed by atoms with Crippen LogP contribution < -0.4 is 15.4 Å². The molecular formula is C21H28N6O2S. The molecule has 1 amide bonds. The SMILES string of the molecule is CCSc1nc(NCC(C)C)c2cnn(CCNC(=O)c3ccccc3OC)c2n1. The van der Waals surface area contributed by atoms with Gasteiger partial charge in [0.1, 0.15) is 11.6 Å². The number of benzene rings is 1. The minimum absolute atomic E-state index is 0.181. The van der Waals surface area contributed by atoms with Crippen molar-refractivity contribution in [2.45, 2.75) is 32.5 Å². The average molecular weight is 429 g/mol. The molecule has 0 aliphatic rings. The van der Waals surface area contributed by atoms with Crippen molar-refractivity contribution in [3.63, 3.8) is 0 Å². The minimum Gasteiger partial charge on any atom is -0.496 e. The van der Waals surface area contributed by atoms with Crippen LogP contribution in [0.15, 0.2) is 35.6 Å². The van der Waals surface area contributed by atoms with Gasteiger partial charge in [0.25, 0.3) is 5.91 Å². The number of methoxy groups -OCH3 is 1. The van der Waals surface area contributed by atoms with Crippen LogP contribution in [-0.4, -0.2) is 51.6 Å². The van der Waals surface area contributed by atoms with Crippen molar-refractivity contribution in [3.05, 3.63) is 36.0 Å². The quantitative estimate of drug-likeness (QED) is 0.377. The second-order valence-electron chi connectivity index (χ2n) is 7.12. The lowest BCUT2D eigenvalue weighted by atomic mass is 10.2. The fourth-order valence-corrected chi connectivity index (χ4v) is 3.50. The molecule has 0 fully saturated rings. The predicted octanol–water partition coefficient (Wildman–Crippen LogP) is 3.44. The van der Waals surface area contributed by atoms with E-state index in [1.165, 1.54) is 0 Å². The normalized spacial score (nSPS) is 11.1. The van der Waals surface area contributed by atoms with Crippen molar-refractivity contribution < 1.29 is 9.53 Å². The zero-order valence-corrected chi connectivity index (χ0v) is 18.6. The van der Waals surface area contributed by atoms with Crippen LogP contribution in [-0.2, 0) is 6.54 Å². The smallest absolute Gasteiger partial charge is 0.255 e. The fraction of sp³-hybridized carbons (Fsp3) is 0.429. The lowest BCUT2D eigenvalue weighted by Crippen LogP contribution is -2.28. The van der Waals surface area contributed by atoms with Gasteiger partial charge in [-0.15, -0.1) is 0 Å². The Morgan fingerprint density at radius 2 is 2.07 bits per heavy atom. The molecule has 3 rings (SSSR count). The number of hydrogen-bond donors (Lipinski definition) is 2. The minimum atomic E-state index is -0.181. The van der Waals surface area contributed by atoms with E-state index in [1.54, 1.807) is 41.9 Å². The van der Waals surface area contributed by atoms with Gasteiger partial charge in [0.05, 0.1) is 30.8 Å². The van der Waals surface area contributed by atoms with E-state index in [0.717, 1.165) is 34.3 Å². The van der Waals surface area contributed by atoms with Gasteiger partial charge in [0, 0.05) is 13.1 Å². The Kier molecular flexibility index (Phi) is 7.51. The molecular weight excluding hydrogens is 400 g/mol. The first-order valence-corrected chi connectivity index (χ1v) is 11.0.